The van der Waals surface area contributed by atoms with Crippen molar-refractivity contribution in [3.8, 4) is 11.4 Å². The van der Waals surface area contributed by atoms with Crippen molar-refractivity contribution in [1.29, 1.82) is 0 Å². The molecule has 1 aliphatic rings. The van der Waals surface area contributed by atoms with Crippen molar-refractivity contribution in [2.45, 2.75) is 43.1 Å². The number of hydrogen-bond donors (Lipinski definition) is 1. The molecule has 2 aromatic heterocycles. The maximum absolute atomic E-state index is 11.9. The summed E-state index contributed by atoms with van der Waals surface area (Å²) in [5.74, 6) is 0.888. The fourth-order valence-electron chi connectivity index (χ4n) is 2.25. The van der Waals surface area contributed by atoms with Gasteiger partial charge in [-0.05, 0) is 38.8 Å². The second-order valence-electron chi connectivity index (χ2n) is 5.30. The highest BCUT2D eigenvalue weighted by Crippen LogP contribution is 2.41. The van der Waals surface area contributed by atoms with Gasteiger partial charge in [-0.2, -0.15) is 0 Å². The van der Waals surface area contributed by atoms with E-state index in [-0.39, 0.29) is 11.2 Å². The first-order valence-electron chi connectivity index (χ1n) is 7.50. The second-order valence-corrected chi connectivity index (χ2v) is 6.61. The van der Waals surface area contributed by atoms with E-state index in [2.05, 4.69) is 25.1 Å². The van der Waals surface area contributed by atoms with Gasteiger partial charge in [0, 0.05) is 30.5 Å². The average molecular weight is 317 g/mol. The monoisotopic (exact) mass is 317 g/mol. The normalized spacial score (nSPS) is 15.5. The van der Waals surface area contributed by atoms with E-state index in [0.29, 0.717) is 12.6 Å². The van der Waals surface area contributed by atoms with Gasteiger partial charge in [0.2, 0.25) is 5.91 Å². The number of carbonyl (C=O) groups is 1. The van der Waals surface area contributed by atoms with Gasteiger partial charge in [-0.15, -0.1) is 10.2 Å². The van der Waals surface area contributed by atoms with E-state index >= 15 is 0 Å². The van der Waals surface area contributed by atoms with Gasteiger partial charge >= 0.3 is 0 Å². The minimum atomic E-state index is -0.188. The largest absolute Gasteiger partial charge is 0.355 e. The average Bonchev–Trinajstić information content (AvgIpc) is 3.29. The van der Waals surface area contributed by atoms with Crippen molar-refractivity contribution in [2.24, 2.45) is 0 Å². The summed E-state index contributed by atoms with van der Waals surface area (Å²) < 4.78 is 2.16. The fraction of sp³-hybridized carbons (Fsp3) is 0.467. The number of nitrogens with one attached hydrogen (secondary N) is 1. The Kier molecular flexibility index (Phi) is 4.42. The van der Waals surface area contributed by atoms with Crippen LogP contribution in [0.25, 0.3) is 11.4 Å². The van der Waals surface area contributed by atoms with Crippen LogP contribution in [-0.2, 0) is 4.79 Å². The zero-order valence-electron chi connectivity index (χ0n) is 12.7. The van der Waals surface area contributed by atoms with Gasteiger partial charge in [0.15, 0.2) is 11.0 Å². The minimum Gasteiger partial charge on any atom is -0.355 e. The lowest BCUT2D eigenvalue weighted by Gasteiger charge is -2.12. The van der Waals surface area contributed by atoms with Crippen LogP contribution in [0.15, 0.2) is 29.7 Å². The van der Waals surface area contributed by atoms with E-state index in [4.69, 9.17) is 0 Å². The van der Waals surface area contributed by atoms with Crippen molar-refractivity contribution in [3.05, 3.63) is 24.5 Å². The summed E-state index contributed by atoms with van der Waals surface area (Å²) in [6, 6.07) is 4.32. The smallest absolute Gasteiger partial charge is 0.233 e. The Balaban J connectivity index is 1.86. The van der Waals surface area contributed by atoms with Gasteiger partial charge in [-0.3, -0.25) is 14.3 Å². The number of carbonyl (C=O) groups excluding carboxylic acids is 1. The first-order chi connectivity index (χ1) is 10.7. The summed E-state index contributed by atoms with van der Waals surface area (Å²) in [7, 11) is 0. The van der Waals surface area contributed by atoms with Gasteiger partial charge in [0.1, 0.15) is 0 Å². The van der Waals surface area contributed by atoms with Crippen molar-refractivity contribution in [1.82, 2.24) is 25.1 Å². The van der Waals surface area contributed by atoms with Crippen LogP contribution in [0.5, 0.6) is 0 Å². The van der Waals surface area contributed by atoms with Crippen LogP contribution in [0.4, 0.5) is 0 Å². The summed E-state index contributed by atoms with van der Waals surface area (Å²) in [6.07, 6.45) is 5.79. The zero-order chi connectivity index (χ0) is 15.5. The van der Waals surface area contributed by atoms with Crippen LogP contribution in [-0.4, -0.2) is 37.5 Å². The van der Waals surface area contributed by atoms with E-state index in [1.165, 1.54) is 11.8 Å². The molecule has 22 heavy (non-hydrogen) atoms. The first-order valence-corrected chi connectivity index (χ1v) is 8.38. The number of rotatable bonds is 6. The molecule has 7 heteroatoms. The van der Waals surface area contributed by atoms with Crippen molar-refractivity contribution >= 4 is 17.7 Å². The number of amides is 1. The van der Waals surface area contributed by atoms with E-state index in [9.17, 15) is 4.79 Å². The number of aromatic nitrogens is 4. The summed E-state index contributed by atoms with van der Waals surface area (Å²) >= 11 is 1.46. The lowest BCUT2D eigenvalue weighted by atomic mass is 10.2. The Morgan fingerprint density at radius 1 is 1.41 bits per heavy atom. The third-order valence-corrected chi connectivity index (χ3v) is 4.57. The summed E-state index contributed by atoms with van der Waals surface area (Å²) in [6.45, 7) is 4.46. The molecule has 1 aliphatic carbocycles. The molecule has 0 saturated heterocycles. The third kappa shape index (κ3) is 3.14. The van der Waals surface area contributed by atoms with Gasteiger partial charge in [-0.25, -0.2) is 0 Å². The second kappa shape index (κ2) is 6.48. The van der Waals surface area contributed by atoms with Crippen LogP contribution in [0.3, 0.4) is 0 Å². The number of pyridine rings is 1. The van der Waals surface area contributed by atoms with Crippen LogP contribution < -0.4 is 5.32 Å². The molecule has 116 valence electrons. The molecular formula is C15H19N5OS. The van der Waals surface area contributed by atoms with Crippen LogP contribution in [0, 0.1) is 0 Å². The Labute approximate surface area is 133 Å². The first kappa shape index (κ1) is 15.0. The maximum atomic E-state index is 11.9. The van der Waals surface area contributed by atoms with E-state index in [0.717, 1.165) is 29.4 Å². The van der Waals surface area contributed by atoms with E-state index in [1.54, 1.807) is 12.4 Å². The SMILES string of the molecule is CCNC(=O)[C@@H](C)Sc1nnc(-c2ccncc2)n1C1CC1. The number of nitrogens with zero attached hydrogens (tertiary/aromatic N) is 4. The fourth-order valence-corrected chi connectivity index (χ4v) is 3.19. The molecule has 1 N–H and O–H groups in total. The van der Waals surface area contributed by atoms with Gasteiger partial charge < -0.3 is 5.32 Å². The van der Waals surface area contributed by atoms with Crippen LogP contribution in [0.1, 0.15) is 32.7 Å². The quantitative estimate of drug-likeness (QED) is 0.828. The summed E-state index contributed by atoms with van der Waals surface area (Å²) in [4.78, 5) is 16.0. The Hall–Kier alpha value is -1.89. The van der Waals surface area contributed by atoms with Gasteiger partial charge in [0.25, 0.3) is 0 Å². The molecule has 6 nitrogen and oxygen atoms in total. The molecule has 1 atom stereocenters. The van der Waals surface area contributed by atoms with Crippen molar-refractivity contribution < 1.29 is 4.79 Å². The minimum absolute atomic E-state index is 0.0308. The summed E-state index contributed by atoms with van der Waals surface area (Å²) in [5, 5.41) is 12.1. The van der Waals surface area contributed by atoms with Crippen LogP contribution >= 0.6 is 11.8 Å². The molecule has 1 saturated carbocycles. The van der Waals surface area contributed by atoms with Gasteiger partial charge in [0.05, 0.1) is 5.25 Å². The Morgan fingerprint density at radius 2 is 2.14 bits per heavy atom. The molecule has 1 fully saturated rings. The van der Waals surface area contributed by atoms with E-state index < -0.39 is 0 Å². The molecule has 2 heterocycles. The molecule has 0 unspecified atom stereocenters. The molecule has 0 aliphatic heterocycles. The molecule has 0 aromatic carbocycles. The number of hydrogen-bond acceptors (Lipinski definition) is 5. The molecular weight excluding hydrogens is 298 g/mol. The topological polar surface area (TPSA) is 72.7 Å². The predicted molar refractivity (Wildman–Crippen MR) is 85.5 cm³/mol. The molecule has 0 spiro atoms. The molecule has 2 aromatic rings. The predicted octanol–water partition coefficient (Wildman–Crippen LogP) is 2.29. The Morgan fingerprint density at radius 3 is 2.77 bits per heavy atom. The van der Waals surface area contributed by atoms with Gasteiger partial charge in [-0.1, -0.05) is 11.8 Å². The highest BCUT2D eigenvalue weighted by atomic mass is 32.2. The summed E-state index contributed by atoms with van der Waals surface area (Å²) in [5.41, 5.74) is 1.01. The van der Waals surface area contributed by atoms with Crippen molar-refractivity contribution in [3.63, 3.8) is 0 Å². The highest BCUT2D eigenvalue weighted by Gasteiger charge is 2.31. The molecule has 3 rings (SSSR count). The third-order valence-electron chi connectivity index (χ3n) is 3.52. The lowest BCUT2D eigenvalue weighted by Crippen LogP contribution is -2.30. The molecule has 0 bridgehead atoms. The van der Waals surface area contributed by atoms with E-state index in [1.807, 2.05) is 26.0 Å². The maximum Gasteiger partial charge on any atom is 0.233 e. The molecule has 1 amide bonds. The Bertz CT molecular complexity index is 653. The van der Waals surface area contributed by atoms with Crippen LogP contribution in [0.2, 0.25) is 0 Å². The molecule has 0 radical (unpaired) electrons. The number of thioether (sulfide) groups is 1. The zero-order valence-corrected chi connectivity index (χ0v) is 13.5. The standard InChI is InChI=1S/C15H19N5OS/c1-3-17-14(21)10(2)22-15-19-18-13(20(15)12-4-5-12)11-6-8-16-9-7-11/h6-10,12H,3-5H2,1-2H3,(H,17,21)/t10-/m1/s1. The highest BCUT2D eigenvalue weighted by molar-refractivity contribution is 8.00. The van der Waals surface area contributed by atoms with Crippen molar-refractivity contribution in [2.75, 3.05) is 6.54 Å². The lowest BCUT2D eigenvalue weighted by molar-refractivity contribution is -0.120.